The SMILES string of the molecule is CC(C)N(CCCO)CCc1ccnn1C. The third kappa shape index (κ3) is 3.94. The van der Waals surface area contributed by atoms with E-state index in [1.165, 1.54) is 5.69 Å². The molecule has 0 unspecified atom stereocenters. The number of aliphatic hydroxyl groups excluding tert-OH is 1. The molecule has 0 spiro atoms. The number of rotatable bonds is 7. The third-order valence-electron chi connectivity index (χ3n) is 2.91. The van der Waals surface area contributed by atoms with Crippen LogP contribution in [0.25, 0.3) is 0 Å². The molecule has 0 amide bonds. The van der Waals surface area contributed by atoms with Crippen molar-refractivity contribution in [2.75, 3.05) is 19.7 Å². The Morgan fingerprint density at radius 1 is 1.44 bits per heavy atom. The van der Waals surface area contributed by atoms with Crippen LogP contribution in [-0.2, 0) is 13.5 Å². The molecule has 0 saturated heterocycles. The minimum Gasteiger partial charge on any atom is -0.396 e. The predicted octanol–water partition coefficient (Wildman–Crippen LogP) is 1.06. The highest BCUT2D eigenvalue weighted by atomic mass is 16.3. The molecular weight excluding hydrogens is 202 g/mol. The average molecular weight is 225 g/mol. The smallest absolute Gasteiger partial charge is 0.0492 e. The normalized spacial score (nSPS) is 11.6. The number of aromatic nitrogens is 2. The van der Waals surface area contributed by atoms with Gasteiger partial charge in [0.15, 0.2) is 0 Å². The second-order valence-electron chi connectivity index (χ2n) is 4.40. The zero-order valence-electron chi connectivity index (χ0n) is 10.6. The topological polar surface area (TPSA) is 41.3 Å². The highest BCUT2D eigenvalue weighted by Crippen LogP contribution is 2.04. The molecule has 0 aliphatic heterocycles. The molecule has 0 bridgehead atoms. The van der Waals surface area contributed by atoms with E-state index in [4.69, 9.17) is 5.11 Å². The van der Waals surface area contributed by atoms with Crippen LogP contribution >= 0.6 is 0 Å². The molecule has 4 heteroatoms. The molecule has 0 aliphatic rings. The first-order valence-corrected chi connectivity index (χ1v) is 5.97. The van der Waals surface area contributed by atoms with Gasteiger partial charge in [0.2, 0.25) is 0 Å². The molecule has 1 N–H and O–H groups in total. The van der Waals surface area contributed by atoms with E-state index in [0.717, 1.165) is 25.9 Å². The molecule has 4 nitrogen and oxygen atoms in total. The zero-order chi connectivity index (χ0) is 12.0. The summed E-state index contributed by atoms with van der Waals surface area (Å²) < 4.78 is 1.92. The van der Waals surface area contributed by atoms with Crippen molar-refractivity contribution >= 4 is 0 Å². The van der Waals surface area contributed by atoms with Gasteiger partial charge < -0.3 is 10.0 Å². The first-order valence-electron chi connectivity index (χ1n) is 5.97. The van der Waals surface area contributed by atoms with E-state index in [1.54, 1.807) is 0 Å². The van der Waals surface area contributed by atoms with Crippen molar-refractivity contribution in [2.45, 2.75) is 32.7 Å². The fourth-order valence-corrected chi connectivity index (χ4v) is 1.81. The van der Waals surface area contributed by atoms with Gasteiger partial charge in [-0.05, 0) is 26.3 Å². The van der Waals surface area contributed by atoms with Crippen molar-refractivity contribution in [3.63, 3.8) is 0 Å². The van der Waals surface area contributed by atoms with E-state index >= 15 is 0 Å². The number of aliphatic hydroxyl groups is 1. The Morgan fingerprint density at radius 3 is 2.69 bits per heavy atom. The first-order chi connectivity index (χ1) is 7.65. The minimum absolute atomic E-state index is 0.273. The van der Waals surface area contributed by atoms with Crippen LogP contribution in [0.5, 0.6) is 0 Å². The van der Waals surface area contributed by atoms with Crippen molar-refractivity contribution in [1.29, 1.82) is 0 Å². The molecule has 1 aromatic heterocycles. The maximum absolute atomic E-state index is 8.85. The van der Waals surface area contributed by atoms with Gasteiger partial charge in [-0.25, -0.2) is 0 Å². The molecule has 0 aliphatic carbocycles. The summed E-state index contributed by atoms with van der Waals surface area (Å²) in [5.74, 6) is 0. The fourth-order valence-electron chi connectivity index (χ4n) is 1.81. The lowest BCUT2D eigenvalue weighted by Gasteiger charge is -2.26. The quantitative estimate of drug-likeness (QED) is 0.754. The summed E-state index contributed by atoms with van der Waals surface area (Å²) in [6.45, 7) is 6.65. The van der Waals surface area contributed by atoms with Crippen molar-refractivity contribution in [3.05, 3.63) is 18.0 Å². The summed E-state index contributed by atoms with van der Waals surface area (Å²) in [4.78, 5) is 2.39. The van der Waals surface area contributed by atoms with E-state index in [0.29, 0.717) is 6.04 Å². The third-order valence-corrected chi connectivity index (χ3v) is 2.91. The second kappa shape index (κ2) is 6.66. The van der Waals surface area contributed by atoms with Crippen LogP contribution in [0, 0.1) is 0 Å². The highest BCUT2D eigenvalue weighted by Gasteiger charge is 2.09. The maximum Gasteiger partial charge on any atom is 0.0492 e. The summed E-state index contributed by atoms with van der Waals surface area (Å²) >= 11 is 0. The summed E-state index contributed by atoms with van der Waals surface area (Å²) in [5, 5.41) is 13.0. The Hall–Kier alpha value is -0.870. The Morgan fingerprint density at radius 2 is 2.19 bits per heavy atom. The molecule has 1 rings (SSSR count). The molecule has 0 atom stereocenters. The van der Waals surface area contributed by atoms with Gasteiger partial charge in [-0.1, -0.05) is 0 Å². The van der Waals surface area contributed by atoms with E-state index in [-0.39, 0.29) is 6.61 Å². The lowest BCUT2D eigenvalue weighted by molar-refractivity contribution is 0.192. The molecule has 16 heavy (non-hydrogen) atoms. The molecule has 0 radical (unpaired) electrons. The monoisotopic (exact) mass is 225 g/mol. The standard InChI is InChI=1S/C12H23N3O/c1-11(2)15(8-4-10-16)9-6-12-5-7-13-14(12)3/h5,7,11,16H,4,6,8-10H2,1-3H3. The van der Waals surface area contributed by atoms with Gasteiger partial charge in [-0.3, -0.25) is 4.68 Å². The van der Waals surface area contributed by atoms with Crippen LogP contribution in [0.1, 0.15) is 26.0 Å². The number of nitrogens with zero attached hydrogens (tertiary/aromatic N) is 3. The van der Waals surface area contributed by atoms with E-state index < -0.39 is 0 Å². The zero-order valence-corrected chi connectivity index (χ0v) is 10.6. The van der Waals surface area contributed by atoms with Gasteiger partial charge in [-0.2, -0.15) is 5.10 Å². The lowest BCUT2D eigenvalue weighted by atomic mass is 10.2. The number of aryl methyl sites for hydroxylation is 1. The van der Waals surface area contributed by atoms with Gasteiger partial charge in [0.25, 0.3) is 0 Å². The molecule has 1 aromatic rings. The van der Waals surface area contributed by atoms with Gasteiger partial charge >= 0.3 is 0 Å². The van der Waals surface area contributed by atoms with Crippen LogP contribution in [0.3, 0.4) is 0 Å². The molecule has 92 valence electrons. The highest BCUT2D eigenvalue weighted by molar-refractivity contribution is 5.00. The van der Waals surface area contributed by atoms with Crippen LogP contribution in [-0.4, -0.2) is 45.5 Å². The maximum atomic E-state index is 8.85. The molecular formula is C12H23N3O. The van der Waals surface area contributed by atoms with Crippen molar-refractivity contribution in [3.8, 4) is 0 Å². The Labute approximate surface area is 97.9 Å². The van der Waals surface area contributed by atoms with Gasteiger partial charge in [-0.15, -0.1) is 0 Å². The Bertz CT molecular complexity index is 296. The molecule has 0 fully saturated rings. The summed E-state index contributed by atoms with van der Waals surface area (Å²) in [6, 6.07) is 2.59. The van der Waals surface area contributed by atoms with Crippen LogP contribution < -0.4 is 0 Å². The van der Waals surface area contributed by atoms with Crippen LogP contribution in [0.4, 0.5) is 0 Å². The van der Waals surface area contributed by atoms with E-state index in [1.807, 2.05) is 17.9 Å². The fraction of sp³-hybridized carbons (Fsp3) is 0.750. The Kier molecular flexibility index (Phi) is 5.49. The first kappa shape index (κ1) is 13.2. The van der Waals surface area contributed by atoms with Gasteiger partial charge in [0, 0.05) is 51.1 Å². The number of hydrogen-bond donors (Lipinski definition) is 1. The molecule has 0 saturated carbocycles. The summed E-state index contributed by atoms with van der Waals surface area (Å²) in [7, 11) is 1.97. The molecule has 0 aromatic carbocycles. The number of hydrogen-bond acceptors (Lipinski definition) is 3. The summed E-state index contributed by atoms with van der Waals surface area (Å²) in [5.41, 5.74) is 1.26. The summed E-state index contributed by atoms with van der Waals surface area (Å²) in [6.07, 6.45) is 3.70. The van der Waals surface area contributed by atoms with Gasteiger partial charge in [0.05, 0.1) is 0 Å². The average Bonchev–Trinajstić information content (AvgIpc) is 2.64. The van der Waals surface area contributed by atoms with Crippen LogP contribution in [0.2, 0.25) is 0 Å². The van der Waals surface area contributed by atoms with Crippen molar-refractivity contribution < 1.29 is 5.11 Å². The Balaban J connectivity index is 2.40. The van der Waals surface area contributed by atoms with Crippen molar-refractivity contribution in [1.82, 2.24) is 14.7 Å². The predicted molar refractivity (Wildman–Crippen MR) is 65.3 cm³/mol. The van der Waals surface area contributed by atoms with E-state index in [9.17, 15) is 0 Å². The van der Waals surface area contributed by atoms with E-state index in [2.05, 4.69) is 29.9 Å². The molecule has 1 heterocycles. The minimum atomic E-state index is 0.273. The van der Waals surface area contributed by atoms with Crippen molar-refractivity contribution in [2.24, 2.45) is 7.05 Å². The largest absolute Gasteiger partial charge is 0.396 e. The lowest BCUT2D eigenvalue weighted by Crippen LogP contribution is -2.34. The van der Waals surface area contributed by atoms with Gasteiger partial charge in [0.1, 0.15) is 0 Å². The second-order valence-corrected chi connectivity index (χ2v) is 4.40. The van der Waals surface area contributed by atoms with Crippen LogP contribution in [0.15, 0.2) is 12.3 Å².